The minimum atomic E-state index is -0.441. The van der Waals surface area contributed by atoms with E-state index in [0.717, 1.165) is 23.9 Å². The molecule has 0 amide bonds. The lowest BCUT2D eigenvalue weighted by Gasteiger charge is -2.16. The molecule has 102 valence electrons. The lowest BCUT2D eigenvalue weighted by atomic mass is 10.1. The highest BCUT2D eigenvalue weighted by molar-refractivity contribution is 5.50. The van der Waals surface area contributed by atoms with Crippen LogP contribution in [-0.4, -0.2) is 14.9 Å². The molecule has 4 nitrogen and oxygen atoms in total. The van der Waals surface area contributed by atoms with Gasteiger partial charge in [0.15, 0.2) is 0 Å². The van der Waals surface area contributed by atoms with Gasteiger partial charge >= 0.3 is 0 Å². The van der Waals surface area contributed by atoms with E-state index in [4.69, 9.17) is 0 Å². The van der Waals surface area contributed by atoms with E-state index in [0.29, 0.717) is 5.56 Å². The Morgan fingerprint density at radius 1 is 1.47 bits per heavy atom. The Kier molecular flexibility index (Phi) is 3.74. The van der Waals surface area contributed by atoms with Crippen molar-refractivity contribution in [3.05, 3.63) is 41.5 Å². The van der Waals surface area contributed by atoms with Crippen LogP contribution in [0.4, 0.5) is 10.1 Å². The molecule has 0 bridgehead atoms. The molecule has 0 aliphatic heterocycles. The summed E-state index contributed by atoms with van der Waals surface area (Å²) in [5.41, 5.74) is 2.56. The minimum absolute atomic E-state index is 0.0399. The van der Waals surface area contributed by atoms with Gasteiger partial charge in [0.2, 0.25) is 0 Å². The number of anilines is 1. The smallest absolute Gasteiger partial charge is 0.126 e. The maximum atomic E-state index is 13.0. The molecule has 0 saturated heterocycles. The molecular weight excluding hydrogens is 245 g/mol. The average molecular weight is 263 g/mol. The van der Waals surface area contributed by atoms with Crippen LogP contribution in [0.15, 0.2) is 24.4 Å². The largest absolute Gasteiger partial charge is 0.507 e. The van der Waals surface area contributed by atoms with Crippen molar-refractivity contribution >= 4 is 5.69 Å². The Morgan fingerprint density at radius 3 is 2.84 bits per heavy atom. The van der Waals surface area contributed by atoms with Gasteiger partial charge in [0, 0.05) is 24.9 Å². The molecule has 1 atom stereocenters. The third-order valence-corrected chi connectivity index (χ3v) is 3.07. The SMILES string of the molecule is CCc1nn(C)cc1NC(C)c1ccc(F)cc1O. The molecule has 5 heteroatoms. The molecule has 2 N–H and O–H groups in total. The number of hydrogen-bond donors (Lipinski definition) is 2. The Bertz CT molecular complexity index is 580. The van der Waals surface area contributed by atoms with E-state index >= 15 is 0 Å². The van der Waals surface area contributed by atoms with Crippen LogP contribution in [-0.2, 0) is 13.5 Å². The summed E-state index contributed by atoms with van der Waals surface area (Å²) in [6.07, 6.45) is 2.72. The fraction of sp³-hybridized carbons (Fsp3) is 0.357. The fourth-order valence-electron chi connectivity index (χ4n) is 2.11. The highest BCUT2D eigenvalue weighted by Crippen LogP contribution is 2.28. The van der Waals surface area contributed by atoms with Crippen molar-refractivity contribution in [1.29, 1.82) is 0 Å². The summed E-state index contributed by atoms with van der Waals surface area (Å²) < 4.78 is 14.7. The van der Waals surface area contributed by atoms with Crippen molar-refractivity contribution in [2.75, 3.05) is 5.32 Å². The molecule has 1 heterocycles. The van der Waals surface area contributed by atoms with Crippen LogP contribution in [0.2, 0.25) is 0 Å². The third-order valence-electron chi connectivity index (χ3n) is 3.07. The molecule has 0 spiro atoms. The maximum Gasteiger partial charge on any atom is 0.126 e. The van der Waals surface area contributed by atoms with Crippen LogP contribution in [0.3, 0.4) is 0 Å². The van der Waals surface area contributed by atoms with Gasteiger partial charge in [-0.25, -0.2) is 4.39 Å². The number of aromatic nitrogens is 2. The van der Waals surface area contributed by atoms with E-state index in [1.807, 2.05) is 27.1 Å². The number of halogens is 1. The third kappa shape index (κ3) is 2.86. The first kappa shape index (κ1) is 13.4. The van der Waals surface area contributed by atoms with Gasteiger partial charge in [-0.05, 0) is 19.4 Å². The van der Waals surface area contributed by atoms with Gasteiger partial charge in [-0.3, -0.25) is 4.68 Å². The molecule has 0 aliphatic carbocycles. The van der Waals surface area contributed by atoms with Crippen LogP contribution in [0.5, 0.6) is 5.75 Å². The van der Waals surface area contributed by atoms with E-state index in [2.05, 4.69) is 10.4 Å². The monoisotopic (exact) mass is 263 g/mol. The molecule has 0 aliphatic rings. The molecule has 2 rings (SSSR count). The maximum absolute atomic E-state index is 13.0. The number of aromatic hydroxyl groups is 1. The zero-order valence-corrected chi connectivity index (χ0v) is 11.3. The lowest BCUT2D eigenvalue weighted by molar-refractivity contribution is 0.459. The number of aryl methyl sites for hydroxylation is 2. The zero-order chi connectivity index (χ0) is 14.0. The topological polar surface area (TPSA) is 50.1 Å². The minimum Gasteiger partial charge on any atom is -0.507 e. The van der Waals surface area contributed by atoms with Gasteiger partial charge in [0.1, 0.15) is 11.6 Å². The molecule has 0 fully saturated rings. The van der Waals surface area contributed by atoms with Crippen LogP contribution < -0.4 is 5.32 Å². The summed E-state index contributed by atoms with van der Waals surface area (Å²) in [5.74, 6) is -0.481. The van der Waals surface area contributed by atoms with Gasteiger partial charge in [-0.1, -0.05) is 13.0 Å². The van der Waals surface area contributed by atoms with Crippen molar-refractivity contribution in [1.82, 2.24) is 9.78 Å². The highest BCUT2D eigenvalue weighted by atomic mass is 19.1. The Hall–Kier alpha value is -2.04. The number of nitrogens with zero attached hydrogens (tertiary/aromatic N) is 2. The van der Waals surface area contributed by atoms with Gasteiger partial charge in [0.25, 0.3) is 0 Å². The summed E-state index contributed by atoms with van der Waals surface area (Å²) in [7, 11) is 1.87. The van der Waals surface area contributed by atoms with E-state index in [9.17, 15) is 9.50 Å². The summed E-state index contributed by atoms with van der Waals surface area (Å²) in [5, 5.41) is 17.4. The summed E-state index contributed by atoms with van der Waals surface area (Å²) in [4.78, 5) is 0. The van der Waals surface area contributed by atoms with Gasteiger partial charge < -0.3 is 10.4 Å². The first-order valence-corrected chi connectivity index (χ1v) is 6.28. The van der Waals surface area contributed by atoms with E-state index < -0.39 is 5.82 Å². The fourth-order valence-corrected chi connectivity index (χ4v) is 2.11. The number of hydrogen-bond acceptors (Lipinski definition) is 3. The number of nitrogens with one attached hydrogen (secondary N) is 1. The van der Waals surface area contributed by atoms with Gasteiger partial charge in [0.05, 0.1) is 17.4 Å². The molecule has 0 radical (unpaired) electrons. The van der Waals surface area contributed by atoms with Crippen molar-refractivity contribution in [2.24, 2.45) is 7.05 Å². The summed E-state index contributed by atoms with van der Waals surface area (Å²) >= 11 is 0. The summed E-state index contributed by atoms with van der Waals surface area (Å²) in [6, 6.07) is 3.93. The first-order valence-electron chi connectivity index (χ1n) is 6.28. The van der Waals surface area contributed by atoms with E-state index in [1.165, 1.54) is 6.07 Å². The predicted molar refractivity (Wildman–Crippen MR) is 72.7 cm³/mol. The van der Waals surface area contributed by atoms with E-state index in [1.54, 1.807) is 10.7 Å². The molecule has 1 unspecified atom stereocenters. The van der Waals surface area contributed by atoms with Crippen molar-refractivity contribution < 1.29 is 9.50 Å². The molecular formula is C14H18FN3O. The lowest BCUT2D eigenvalue weighted by Crippen LogP contribution is -2.07. The Labute approximate surface area is 111 Å². The van der Waals surface area contributed by atoms with Crippen molar-refractivity contribution in [2.45, 2.75) is 26.3 Å². The number of phenolic OH excluding ortho intramolecular Hbond substituents is 1. The second kappa shape index (κ2) is 5.30. The van der Waals surface area contributed by atoms with Gasteiger partial charge in [-0.2, -0.15) is 5.10 Å². The molecule has 2 aromatic rings. The number of benzene rings is 1. The Balaban J connectivity index is 2.22. The summed E-state index contributed by atoms with van der Waals surface area (Å²) in [6.45, 7) is 3.95. The van der Waals surface area contributed by atoms with Crippen LogP contribution in [0.1, 0.15) is 31.1 Å². The van der Waals surface area contributed by atoms with Crippen molar-refractivity contribution in [3.63, 3.8) is 0 Å². The second-order valence-corrected chi connectivity index (χ2v) is 4.59. The molecule has 1 aromatic heterocycles. The predicted octanol–water partition coefficient (Wildman–Crippen LogP) is 3.00. The average Bonchev–Trinajstić information content (AvgIpc) is 2.69. The number of rotatable bonds is 4. The molecule has 1 aromatic carbocycles. The molecule has 0 saturated carbocycles. The van der Waals surface area contributed by atoms with Crippen LogP contribution >= 0.6 is 0 Å². The van der Waals surface area contributed by atoms with E-state index in [-0.39, 0.29) is 11.8 Å². The first-order chi connectivity index (χ1) is 9.01. The standard InChI is InChI=1S/C14H18FN3O/c1-4-12-13(8-18(3)17-12)16-9(2)11-6-5-10(15)7-14(11)19/h5-9,16,19H,4H2,1-3H3. The number of phenols is 1. The second-order valence-electron chi connectivity index (χ2n) is 4.59. The normalized spacial score (nSPS) is 12.4. The highest BCUT2D eigenvalue weighted by Gasteiger charge is 2.14. The van der Waals surface area contributed by atoms with Gasteiger partial charge in [-0.15, -0.1) is 0 Å². The zero-order valence-electron chi connectivity index (χ0n) is 11.3. The molecule has 19 heavy (non-hydrogen) atoms. The quantitative estimate of drug-likeness (QED) is 0.891. The van der Waals surface area contributed by atoms with Crippen LogP contribution in [0.25, 0.3) is 0 Å². The van der Waals surface area contributed by atoms with Crippen LogP contribution in [0, 0.1) is 5.82 Å². The van der Waals surface area contributed by atoms with Crippen molar-refractivity contribution in [3.8, 4) is 5.75 Å². The Morgan fingerprint density at radius 2 is 2.21 bits per heavy atom.